The lowest BCUT2D eigenvalue weighted by atomic mass is 10.2. The molecule has 1 N–H and O–H groups in total. The van der Waals surface area contributed by atoms with Crippen molar-refractivity contribution in [1.29, 1.82) is 0 Å². The van der Waals surface area contributed by atoms with E-state index in [9.17, 15) is 4.79 Å². The summed E-state index contributed by atoms with van der Waals surface area (Å²) in [5.41, 5.74) is 1.14. The quantitative estimate of drug-likeness (QED) is 0.754. The molecular weight excluding hydrogens is 345 g/mol. The maximum absolute atomic E-state index is 11.9. The number of ether oxygens (including phenoxy) is 1. The van der Waals surface area contributed by atoms with Crippen molar-refractivity contribution in [2.24, 2.45) is 0 Å². The molecule has 2 aromatic carbocycles. The van der Waals surface area contributed by atoms with E-state index < -0.39 is 0 Å². The van der Waals surface area contributed by atoms with Gasteiger partial charge in [0.15, 0.2) is 0 Å². The van der Waals surface area contributed by atoms with Crippen molar-refractivity contribution in [3.05, 3.63) is 63.1 Å². The third-order valence-corrected chi connectivity index (χ3v) is 3.62. The molecule has 0 aliphatic carbocycles. The van der Waals surface area contributed by atoms with E-state index in [4.69, 9.17) is 39.5 Å². The van der Waals surface area contributed by atoms with Crippen LogP contribution < -0.4 is 10.1 Å². The molecule has 3 nitrogen and oxygen atoms in total. The van der Waals surface area contributed by atoms with Crippen molar-refractivity contribution in [3.63, 3.8) is 0 Å². The van der Waals surface area contributed by atoms with Gasteiger partial charge in [0.1, 0.15) is 5.75 Å². The number of methoxy groups -OCH3 is 1. The van der Waals surface area contributed by atoms with E-state index in [0.29, 0.717) is 32.1 Å². The Labute approximate surface area is 143 Å². The normalized spacial score (nSPS) is 10.7. The van der Waals surface area contributed by atoms with Crippen molar-refractivity contribution >= 4 is 52.5 Å². The van der Waals surface area contributed by atoms with Crippen LogP contribution in [0.3, 0.4) is 0 Å². The lowest BCUT2D eigenvalue weighted by Crippen LogP contribution is -2.08. The number of hydrogen-bond acceptors (Lipinski definition) is 2. The molecule has 6 heteroatoms. The van der Waals surface area contributed by atoms with Crippen molar-refractivity contribution in [1.82, 2.24) is 0 Å². The Hall–Kier alpha value is -1.68. The fourth-order valence-electron chi connectivity index (χ4n) is 1.82. The highest BCUT2D eigenvalue weighted by Gasteiger charge is 2.08. The lowest BCUT2D eigenvalue weighted by molar-refractivity contribution is -0.111. The topological polar surface area (TPSA) is 38.3 Å². The molecule has 0 aliphatic rings. The second-order valence-electron chi connectivity index (χ2n) is 4.31. The van der Waals surface area contributed by atoms with Gasteiger partial charge in [-0.1, -0.05) is 46.9 Å². The number of benzene rings is 2. The zero-order chi connectivity index (χ0) is 16.1. The molecule has 0 aliphatic heterocycles. The molecule has 114 valence electrons. The molecule has 0 radical (unpaired) electrons. The number of anilines is 1. The van der Waals surface area contributed by atoms with Crippen molar-refractivity contribution in [2.75, 3.05) is 12.4 Å². The fraction of sp³-hybridized carbons (Fsp3) is 0.0625. The molecule has 0 atom stereocenters. The van der Waals surface area contributed by atoms with E-state index in [2.05, 4.69) is 5.32 Å². The van der Waals surface area contributed by atoms with Gasteiger partial charge in [0, 0.05) is 16.7 Å². The van der Waals surface area contributed by atoms with Crippen molar-refractivity contribution in [3.8, 4) is 5.75 Å². The van der Waals surface area contributed by atoms with Gasteiger partial charge in [0.05, 0.1) is 22.8 Å². The molecule has 0 aromatic heterocycles. The Kier molecular flexibility index (Phi) is 5.72. The molecule has 1 amide bonds. The van der Waals surface area contributed by atoms with Crippen LogP contribution in [0.2, 0.25) is 15.1 Å². The van der Waals surface area contributed by atoms with Gasteiger partial charge < -0.3 is 10.1 Å². The van der Waals surface area contributed by atoms with Crippen LogP contribution in [0.15, 0.2) is 42.5 Å². The molecule has 22 heavy (non-hydrogen) atoms. The summed E-state index contributed by atoms with van der Waals surface area (Å²) in [5, 5.41) is 3.98. The highest BCUT2D eigenvalue weighted by atomic mass is 35.5. The van der Waals surface area contributed by atoms with E-state index in [1.165, 1.54) is 13.2 Å². The first-order chi connectivity index (χ1) is 10.5. The second-order valence-corrected chi connectivity index (χ2v) is 5.56. The minimum Gasteiger partial charge on any atom is -0.495 e. The number of carbonyl (C=O) groups excluding carboxylic acids is 1. The predicted octanol–water partition coefficient (Wildman–Crippen LogP) is 5.31. The third kappa shape index (κ3) is 4.17. The summed E-state index contributed by atoms with van der Waals surface area (Å²) in [6.45, 7) is 0. The van der Waals surface area contributed by atoms with Gasteiger partial charge in [-0.15, -0.1) is 0 Å². The van der Waals surface area contributed by atoms with Crippen molar-refractivity contribution in [2.45, 2.75) is 0 Å². The summed E-state index contributed by atoms with van der Waals surface area (Å²) >= 11 is 18.0. The molecular formula is C16H12Cl3NO2. The van der Waals surface area contributed by atoms with Crippen LogP contribution in [0.25, 0.3) is 6.08 Å². The zero-order valence-electron chi connectivity index (χ0n) is 11.6. The maximum Gasteiger partial charge on any atom is 0.248 e. The van der Waals surface area contributed by atoms with E-state index >= 15 is 0 Å². The molecule has 0 saturated carbocycles. The first kappa shape index (κ1) is 16.7. The Morgan fingerprint density at radius 3 is 2.55 bits per heavy atom. The number of halogens is 3. The maximum atomic E-state index is 11.9. The van der Waals surface area contributed by atoms with Crippen LogP contribution in [-0.2, 0) is 4.79 Å². The van der Waals surface area contributed by atoms with E-state index in [1.54, 1.807) is 42.5 Å². The number of nitrogens with one attached hydrogen (secondary N) is 1. The van der Waals surface area contributed by atoms with E-state index in [-0.39, 0.29) is 5.91 Å². The van der Waals surface area contributed by atoms with Crippen LogP contribution in [0.5, 0.6) is 5.75 Å². The smallest absolute Gasteiger partial charge is 0.248 e. The largest absolute Gasteiger partial charge is 0.495 e. The fourth-order valence-corrected chi connectivity index (χ4v) is 2.59. The van der Waals surface area contributed by atoms with Gasteiger partial charge in [-0.2, -0.15) is 0 Å². The van der Waals surface area contributed by atoms with Crippen LogP contribution in [0.4, 0.5) is 5.69 Å². The second kappa shape index (κ2) is 7.54. The highest BCUT2D eigenvalue weighted by molar-refractivity contribution is 6.36. The molecule has 0 heterocycles. The molecule has 0 bridgehead atoms. The third-order valence-electron chi connectivity index (χ3n) is 2.79. The minimum atomic E-state index is -0.328. The summed E-state index contributed by atoms with van der Waals surface area (Å²) < 4.78 is 5.21. The van der Waals surface area contributed by atoms with Gasteiger partial charge in [0.25, 0.3) is 0 Å². The van der Waals surface area contributed by atoms with Gasteiger partial charge in [-0.3, -0.25) is 4.79 Å². The van der Waals surface area contributed by atoms with Gasteiger partial charge >= 0.3 is 0 Å². The lowest BCUT2D eigenvalue weighted by Gasteiger charge is -2.08. The molecule has 0 saturated heterocycles. The molecule has 0 fully saturated rings. The number of para-hydroxylation sites is 1. The molecule has 2 rings (SSSR count). The van der Waals surface area contributed by atoms with E-state index in [0.717, 1.165) is 0 Å². The summed E-state index contributed by atoms with van der Waals surface area (Å²) in [6, 6.07) is 10.2. The molecule has 0 spiro atoms. The Balaban J connectivity index is 2.18. The number of rotatable bonds is 4. The van der Waals surface area contributed by atoms with Crippen molar-refractivity contribution < 1.29 is 9.53 Å². The number of amides is 1. The zero-order valence-corrected chi connectivity index (χ0v) is 13.8. The SMILES string of the molecule is COc1c(Cl)cc(Cl)cc1C=CC(=O)Nc1ccccc1Cl. The first-order valence-corrected chi connectivity index (χ1v) is 7.41. The van der Waals surface area contributed by atoms with Gasteiger partial charge in [-0.05, 0) is 30.3 Å². The van der Waals surface area contributed by atoms with Crippen LogP contribution in [0.1, 0.15) is 5.56 Å². The molecule has 2 aromatic rings. The van der Waals surface area contributed by atoms with Gasteiger partial charge in [0.2, 0.25) is 5.91 Å². The average molecular weight is 357 g/mol. The first-order valence-electron chi connectivity index (χ1n) is 6.28. The summed E-state index contributed by atoms with van der Waals surface area (Å²) in [7, 11) is 1.50. The Bertz CT molecular complexity index is 729. The Morgan fingerprint density at radius 2 is 1.86 bits per heavy atom. The standard InChI is InChI=1S/C16H12Cl3NO2/c1-22-16-10(8-11(17)9-13(16)19)6-7-15(21)20-14-5-3-2-4-12(14)18/h2-9H,1H3,(H,20,21). The average Bonchev–Trinajstić information content (AvgIpc) is 2.47. The summed E-state index contributed by atoms with van der Waals surface area (Å²) in [4.78, 5) is 11.9. The molecule has 0 unspecified atom stereocenters. The minimum absolute atomic E-state index is 0.328. The van der Waals surface area contributed by atoms with Crippen LogP contribution >= 0.6 is 34.8 Å². The van der Waals surface area contributed by atoms with Crippen LogP contribution in [-0.4, -0.2) is 13.0 Å². The monoisotopic (exact) mass is 355 g/mol. The van der Waals surface area contributed by atoms with E-state index in [1.807, 2.05) is 0 Å². The highest BCUT2D eigenvalue weighted by Crippen LogP contribution is 2.33. The summed E-state index contributed by atoms with van der Waals surface area (Å²) in [5.74, 6) is 0.124. The number of hydrogen-bond donors (Lipinski definition) is 1. The van der Waals surface area contributed by atoms with Crippen LogP contribution in [0, 0.1) is 0 Å². The summed E-state index contributed by atoms with van der Waals surface area (Å²) in [6.07, 6.45) is 2.93. The predicted molar refractivity (Wildman–Crippen MR) is 92.1 cm³/mol. The Morgan fingerprint density at radius 1 is 1.14 bits per heavy atom. The number of carbonyl (C=O) groups is 1. The van der Waals surface area contributed by atoms with Gasteiger partial charge in [-0.25, -0.2) is 0 Å².